The first-order valence-electron chi connectivity index (χ1n) is 9.26. The molecule has 0 aliphatic carbocycles. The summed E-state index contributed by atoms with van der Waals surface area (Å²) in [6.45, 7) is 8.74. The molecule has 29 heavy (non-hydrogen) atoms. The van der Waals surface area contributed by atoms with Crippen molar-refractivity contribution in [1.82, 2.24) is 0 Å². The lowest BCUT2D eigenvalue weighted by atomic mass is 9.95. The van der Waals surface area contributed by atoms with Gasteiger partial charge in [0.05, 0.1) is 10.8 Å². The van der Waals surface area contributed by atoms with Gasteiger partial charge in [-0.15, -0.1) is 0 Å². The Bertz CT molecular complexity index is 1120. The number of hydrogen-bond acceptors (Lipinski definition) is 5. The Hall–Kier alpha value is -3.28. The van der Waals surface area contributed by atoms with Crippen LogP contribution in [0.15, 0.2) is 45.6 Å². The minimum Gasteiger partial charge on any atom is -0.492 e. The van der Waals surface area contributed by atoms with E-state index in [4.69, 9.17) is 13.9 Å². The number of ether oxygens (including phenoxy) is 2. The summed E-state index contributed by atoms with van der Waals surface area (Å²) in [7, 11) is 0. The van der Waals surface area contributed by atoms with Gasteiger partial charge in [0, 0.05) is 6.07 Å². The third-order valence-electron chi connectivity index (χ3n) is 4.58. The molecule has 0 atom stereocenters. The third kappa shape index (κ3) is 4.42. The largest absolute Gasteiger partial charge is 0.492 e. The fraction of sp³-hybridized carbons (Fsp3) is 0.304. The maximum Gasteiger partial charge on any atom is 0.312 e. The smallest absolute Gasteiger partial charge is 0.312 e. The van der Waals surface area contributed by atoms with Gasteiger partial charge in [-0.25, -0.2) is 0 Å². The first-order valence-corrected chi connectivity index (χ1v) is 9.26. The second-order valence-corrected chi connectivity index (χ2v) is 7.88. The van der Waals surface area contributed by atoms with Crippen LogP contribution in [0.1, 0.15) is 30.7 Å². The summed E-state index contributed by atoms with van der Waals surface area (Å²) >= 11 is 0. The number of carboxylic acid groups (broad SMARTS) is 1. The van der Waals surface area contributed by atoms with Crippen LogP contribution in [0.3, 0.4) is 0 Å². The molecule has 2 aromatic carbocycles. The molecule has 0 radical (unpaired) electrons. The molecule has 6 nitrogen and oxygen atoms in total. The van der Waals surface area contributed by atoms with E-state index in [1.165, 1.54) is 0 Å². The van der Waals surface area contributed by atoms with Crippen molar-refractivity contribution in [2.75, 3.05) is 6.61 Å². The summed E-state index contributed by atoms with van der Waals surface area (Å²) in [6.07, 6.45) is 0. The minimum absolute atomic E-state index is 0.00897. The number of aryl methyl sites for hydroxylation is 3. The fourth-order valence-corrected chi connectivity index (χ4v) is 2.91. The van der Waals surface area contributed by atoms with E-state index < -0.39 is 11.4 Å². The summed E-state index contributed by atoms with van der Waals surface area (Å²) in [4.78, 5) is 24.2. The van der Waals surface area contributed by atoms with Crippen LogP contribution in [0.4, 0.5) is 0 Å². The lowest BCUT2D eigenvalue weighted by Crippen LogP contribution is -2.30. The number of rotatable bonds is 6. The van der Waals surface area contributed by atoms with Gasteiger partial charge in [0.15, 0.2) is 0 Å². The number of carbonyl (C=O) groups is 1. The Morgan fingerprint density at radius 2 is 1.69 bits per heavy atom. The van der Waals surface area contributed by atoms with Crippen molar-refractivity contribution in [3.8, 4) is 17.2 Å². The maximum absolute atomic E-state index is 12.9. The van der Waals surface area contributed by atoms with Crippen LogP contribution >= 0.6 is 0 Å². The summed E-state index contributed by atoms with van der Waals surface area (Å²) in [6, 6.07) is 10.5. The summed E-state index contributed by atoms with van der Waals surface area (Å²) in [5.74, 6) is 0.548. The first-order chi connectivity index (χ1) is 13.6. The summed E-state index contributed by atoms with van der Waals surface area (Å²) < 4.78 is 17.3. The molecule has 0 aliphatic rings. The molecule has 0 bridgehead atoms. The topological polar surface area (TPSA) is 86.0 Å². The van der Waals surface area contributed by atoms with Crippen LogP contribution in [-0.4, -0.2) is 17.7 Å². The highest BCUT2D eigenvalue weighted by atomic mass is 16.5. The molecular formula is C23H24O6. The second kappa shape index (κ2) is 7.62. The predicted octanol–water partition coefficient (Wildman–Crippen LogP) is 5.00. The molecule has 0 spiro atoms. The number of carboxylic acids is 1. The molecule has 0 aliphatic heterocycles. The van der Waals surface area contributed by atoms with Gasteiger partial charge in [0.25, 0.3) is 0 Å². The van der Waals surface area contributed by atoms with Crippen LogP contribution in [0.5, 0.6) is 17.2 Å². The lowest BCUT2D eigenvalue weighted by Gasteiger charge is -2.19. The molecule has 1 N–H and O–H groups in total. The Morgan fingerprint density at radius 1 is 1.03 bits per heavy atom. The second-order valence-electron chi connectivity index (χ2n) is 7.88. The Balaban J connectivity index is 1.93. The fourth-order valence-electron chi connectivity index (χ4n) is 2.91. The molecule has 0 saturated heterocycles. The number of benzene rings is 2. The van der Waals surface area contributed by atoms with Crippen LogP contribution in [0, 0.1) is 26.2 Å². The number of fused-ring (bicyclic) bond motifs is 1. The van der Waals surface area contributed by atoms with Gasteiger partial charge < -0.3 is 19.0 Å². The molecule has 3 aromatic rings. The highest BCUT2D eigenvalue weighted by molar-refractivity contribution is 5.79. The average Bonchev–Trinajstić information content (AvgIpc) is 2.62. The van der Waals surface area contributed by atoms with Gasteiger partial charge in [0.1, 0.15) is 29.4 Å². The van der Waals surface area contributed by atoms with Gasteiger partial charge in [0.2, 0.25) is 11.2 Å². The molecule has 1 heterocycles. The highest BCUT2D eigenvalue weighted by Crippen LogP contribution is 2.29. The monoisotopic (exact) mass is 396 g/mol. The molecular weight excluding hydrogens is 372 g/mol. The van der Waals surface area contributed by atoms with Crippen LogP contribution in [0.2, 0.25) is 0 Å². The molecule has 0 fully saturated rings. The normalized spacial score (nSPS) is 11.5. The van der Waals surface area contributed by atoms with Crippen molar-refractivity contribution < 1.29 is 23.8 Å². The zero-order valence-electron chi connectivity index (χ0n) is 17.2. The summed E-state index contributed by atoms with van der Waals surface area (Å²) in [5.41, 5.74) is 1.11. The van der Waals surface area contributed by atoms with Crippen molar-refractivity contribution in [3.63, 3.8) is 0 Å². The molecule has 0 unspecified atom stereocenters. The zero-order valence-corrected chi connectivity index (χ0v) is 17.2. The van der Waals surface area contributed by atoms with E-state index >= 15 is 0 Å². The molecule has 0 saturated carbocycles. The van der Waals surface area contributed by atoms with Crippen molar-refractivity contribution >= 4 is 16.9 Å². The van der Waals surface area contributed by atoms with Gasteiger partial charge >= 0.3 is 5.97 Å². The van der Waals surface area contributed by atoms with E-state index in [1.54, 1.807) is 39.0 Å². The Morgan fingerprint density at radius 3 is 2.31 bits per heavy atom. The maximum atomic E-state index is 12.9. The van der Waals surface area contributed by atoms with Crippen molar-refractivity contribution in [3.05, 3.63) is 63.5 Å². The van der Waals surface area contributed by atoms with Crippen molar-refractivity contribution in [1.29, 1.82) is 0 Å². The van der Waals surface area contributed by atoms with E-state index in [1.807, 2.05) is 32.0 Å². The predicted molar refractivity (Wildman–Crippen MR) is 110 cm³/mol. The van der Waals surface area contributed by atoms with E-state index in [0.29, 0.717) is 28.2 Å². The van der Waals surface area contributed by atoms with Gasteiger partial charge in [-0.05, 0) is 70.0 Å². The molecule has 6 heteroatoms. The Kier molecular flexibility index (Phi) is 5.38. The van der Waals surface area contributed by atoms with E-state index in [9.17, 15) is 14.7 Å². The average molecular weight is 396 g/mol. The van der Waals surface area contributed by atoms with Gasteiger partial charge in [-0.1, -0.05) is 6.07 Å². The SMILES string of the molecule is Cc1cc(C)cc(Oc2c(C)oc3cc(OCC(C)(C)C(=O)O)ccc3c2=O)c1. The zero-order chi connectivity index (χ0) is 21.3. The molecule has 3 rings (SSSR count). The first kappa shape index (κ1) is 20.5. The lowest BCUT2D eigenvalue weighted by molar-refractivity contribution is -0.148. The summed E-state index contributed by atoms with van der Waals surface area (Å²) in [5, 5.41) is 9.56. The van der Waals surface area contributed by atoms with Crippen LogP contribution in [-0.2, 0) is 4.79 Å². The number of aliphatic carboxylic acids is 1. The van der Waals surface area contributed by atoms with Crippen LogP contribution < -0.4 is 14.9 Å². The highest BCUT2D eigenvalue weighted by Gasteiger charge is 2.28. The molecule has 0 amide bonds. The van der Waals surface area contributed by atoms with Crippen molar-refractivity contribution in [2.24, 2.45) is 5.41 Å². The van der Waals surface area contributed by atoms with E-state index in [2.05, 4.69) is 0 Å². The van der Waals surface area contributed by atoms with Gasteiger partial charge in [-0.3, -0.25) is 9.59 Å². The molecule has 152 valence electrons. The minimum atomic E-state index is -1.03. The Labute approximate surface area is 168 Å². The quantitative estimate of drug-likeness (QED) is 0.631. The standard InChI is InChI=1S/C23H24O6/c1-13-8-14(2)10-17(9-13)29-21-15(3)28-19-11-16(6-7-18(19)20(21)24)27-12-23(4,5)22(25)26/h6-11H,12H2,1-5H3,(H,25,26). The number of hydrogen-bond donors (Lipinski definition) is 1. The van der Waals surface area contributed by atoms with E-state index in [-0.39, 0.29) is 17.8 Å². The van der Waals surface area contributed by atoms with E-state index in [0.717, 1.165) is 11.1 Å². The van der Waals surface area contributed by atoms with Crippen molar-refractivity contribution in [2.45, 2.75) is 34.6 Å². The van der Waals surface area contributed by atoms with Gasteiger partial charge in [-0.2, -0.15) is 0 Å². The third-order valence-corrected chi connectivity index (χ3v) is 4.58. The van der Waals surface area contributed by atoms with Crippen LogP contribution in [0.25, 0.3) is 11.0 Å². The molecule has 1 aromatic heterocycles.